The second kappa shape index (κ2) is 8.39. The van der Waals surface area contributed by atoms with Crippen molar-refractivity contribution in [2.24, 2.45) is 0 Å². The molecule has 8 heteroatoms. The molecule has 2 aromatic heterocycles. The standard InChI is InChI=1S/C19H27N5O2S/c1-12(2)23(4)10-16-21-19(22-26-16)18-13(3)20-8-14-9-24(7-6-15(14)18)17(25)11-27-5/h8,12H,6-7,9-11H2,1-5H3. The Bertz CT molecular complexity index is 820. The van der Waals surface area contributed by atoms with Gasteiger partial charge in [-0.05, 0) is 51.6 Å². The summed E-state index contributed by atoms with van der Waals surface area (Å²) in [5.74, 6) is 1.88. The molecule has 1 aliphatic rings. The molecule has 146 valence electrons. The third-order valence-electron chi connectivity index (χ3n) is 5.04. The lowest BCUT2D eigenvalue weighted by Gasteiger charge is -2.29. The van der Waals surface area contributed by atoms with Gasteiger partial charge in [0.1, 0.15) is 0 Å². The van der Waals surface area contributed by atoms with Crippen molar-refractivity contribution in [1.29, 1.82) is 0 Å². The van der Waals surface area contributed by atoms with Gasteiger partial charge < -0.3 is 9.42 Å². The first kappa shape index (κ1) is 19.8. The molecule has 0 radical (unpaired) electrons. The van der Waals surface area contributed by atoms with E-state index in [1.807, 2.05) is 31.3 Å². The molecule has 27 heavy (non-hydrogen) atoms. The molecule has 0 atom stereocenters. The first-order chi connectivity index (χ1) is 12.9. The van der Waals surface area contributed by atoms with E-state index >= 15 is 0 Å². The van der Waals surface area contributed by atoms with Gasteiger partial charge in [-0.3, -0.25) is 14.7 Å². The molecular formula is C19H27N5O2S. The molecule has 7 nitrogen and oxygen atoms in total. The molecule has 0 aliphatic carbocycles. The first-order valence-corrected chi connectivity index (χ1v) is 10.6. The monoisotopic (exact) mass is 389 g/mol. The third-order valence-corrected chi connectivity index (χ3v) is 5.57. The summed E-state index contributed by atoms with van der Waals surface area (Å²) in [6, 6.07) is 0.401. The Morgan fingerprint density at radius 1 is 1.44 bits per heavy atom. The van der Waals surface area contributed by atoms with Crippen LogP contribution in [0, 0.1) is 6.92 Å². The van der Waals surface area contributed by atoms with Gasteiger partial charge in [0.2, 0.25) is 17.6 Å². The highest BCUT2D eigenvalue weighted by molar-refractivity contribution is 7.99. The number of amides is 1. The van der Waals surface area contributed by atoms with Crippen LogP contribution in [0.3, 0.4) is 0 Å². The molecule has 0 spiro atoms. The Morgan fingerprint density at radius 3 is 2.93 bits per heavy atom. The number of rotatable bonds is 6. The van der Waals surface area contributed by atoms with Gasteiger partial charge in [-0.25, -0.2) is 0 Å². The Labute approximate surface area is 164 Å². The average molecular weight is 390 g/mol. The van der Waals surface area contributed by atoms with E-state index in [0.717, 1.165) is 23.2 Å². The first-order valence-electron chi connectivity index (χ1n) is 9.18. The molecule has 0 N–H and O–H groups in total. The van der Waals surface area contributed by atoms with Crippen molar-refractivity contribution in [3.8, 4) is 11.4 Å². The van der Waals surface area contributed by atoms with Gasteiger partial charge in [-0.2, -0.15) is 16.7 Å². The highest BCUT2D eigenvalue weighted by Crippen LogP contribution is 2.30. The Kier molecular flexibility index (Phi) is 6.16. The zero-order chi connectivity index (χ0) is 19.6. The second-order valence-corrected chi connectivity index (χ2v) is 8.11. The minimum atomic E-state index is 0.175. The van der Waals surface area contributed by atoms with Crippen LogP contribution in [0.4, 0.5) is 0 Å². The van der Waals surface area contributed by atoms with E-state index in [2.05, 4.69) is 33.9 Å². The van der Waals surface area contributed by atoms with Gasteiger partial charge in [0, 0.05) is 36.6 Å². The largest absolute Gasteiger partial charge is 0.338 e. The van der Waals surface area contributed by atoms with Gasteiger partial charge >= 0.3 is 0 Å². The SMILES string of the molecule is CSCC(=O)N1CCc2c(cnc(C)c2-c2noc(CN(C)C(C)C)n2)C1. The highest BCUT2D eigenvalue weighted by atomic mass is 32.2. The summed E-state index contributed by atoms with van der Waals surface area (Å²) >= 11 is 1.55. The van der Waals surface area contributed by atoms with Gasteiger partial charge in [0.05, 0.1) is 12.3 Å². The maximum absolute atomic E-state index is 12.2. The van der Waals surface area contributed by atoms with Crippen LogP contribution >= 0.6 is 11.8 Å². The molecular weight excluding hydrogens is 362 g/mol. The van der Waals surface area contributed by atoms with E-state index in [1.54, 1.807) is 11.8 Å². The number of fused-ring (bicyclic) bond motifs is 1. The predicted octanol–water partition coefficient (Wildman–Crippen LogP) is 2.53. The lowest BCUT2D eigenvalue weighted by atomic mass is 9.94. The summed E-state index contributed by atoms with van der Waals surface area (Å²) in [6.45, 7) is 8.14. The van der Waals surface area contributed by atoms with Crippen LogP contribution in [0.15, 0.2) is 10.7 Å². The van der Waals surface area contributed by atoms with Crippen LogP contribution in [-0.4, -0.2) is 62.5 Å². The molecule has 0 aromatic carbocycles. The fourth-order valence-corrected chi connectivity index (χ4v) is 3.62. The molecule has 0 unspecified atom stereocenters. The summed E-state index contributed by atoms with van der Waals surface area (Å²) in [4.78, 5) is 25.4. The number of carbonyl (C=O) groups is 1. The molecule has 1 amide bonds. The highest BCUT2D eigenvalue weighted by Gasteiger charge is 2.26. The predicted molar refractivity (Wildman–Crippen MR) is 106 cm³/mol. The minimum absolute atomic E-state index is 0.175. The van der Waals surface area contributed by atoms with Crippen LogP contribution in [0.25, 0.3) is 11.4 Å². The lowest BCUT2D eigenvalue weighted by Crippen LogP contribution is -2.37. The molecule has 0 saturated carbocycles. The number of aromatic nitrogens is 3. The number of thioether (sulfide) groups is 1. The Balaban J connectivity index is 1.87. The number of pyridine rings is 1. The van der Waals surface area contributed by atoms with E-state index in [4.69, 9.17) is 4.52 Å². The smallest absolute Gasteiger partial charge is 0.241 e. The van der Waals surface area contributed by atoms with E-state index in [9.17, 15) is 4.79 Å². The van der Waals surface area contributed by atoms with Crippen molar-refractivity contribution < 1.29 is 9.32 Å². The van der Waals surface area contributed by atoms with E-state index < -0.39 is 0 Å². The number of carbonyl (C=O) groups excluding carboxylic acids is 1. The van der Waals surface area contributed by atoms with Gasteiger partial charge in [0.15, 0.2) is 0 Å². The van der Waals surface area contributed by atoms with Crippen molar-refractivity contribution in [3.63, 3.8) is 0 Å². The number of hydrogen-bond acceptors (Lipinski definition) is 7. The topological polar surface area (TPSA) is 75.4 Å². The average Bonchev–Trinajstić information content (AvgIpc) is 3.09. The summed E-state index contributed by atoms with van der Waals surface area (Å²) in [6.07, 6.45) is 4.60. The maximum Gasteiger partial charge on any atom is 0.241 e. The van der Waals surface area contributed by atoms with Crippen LogP contribution in [0.5, 0.6) is 0 Å². The fraction of sp³-hybridized carbons (Fsp3) is 0.579. The fourth-order valence-electron chi connectivity index (χ4n) is 3.19. The van der Waals surface area contributed by atoms with Crippen molar-refractivity contribution in [2.45, 2.75) is 46.3 Å². The quantitative estimate of drug-likeness (QED) is 0.751. The molecule has 3 heterocycles. The third kappa shape index (κ3) is 4.32. The van der Waals surface area contributed by atoms with Gasteiger partial charge in [0.25, 0.3) is 0 Å². The van der Waals surface area contributed by atoms with Crippen LogP contribution in [-0.2, 0) is 24.3 Å². The van der Waals surface area contributed by atoms with Gasteiger partial charge in [-0.15, -0.1) is 0 Å². The van der Waals surface area contributed by atoms with Crippen LogP contribution in [0.2, 0.25) is 0 Å². The maximum atomic E-state index is 12.2. The molecule has 2 aromatic rings. The Morgan fingerprint density at radius 2 is 2.22 bits per heavy atom. The molecule has 0 bridgehead atoms. The summed E-state index contributed by atoms with van der Waals surface area (Å²) in [5, 5.41) is 4.21. The minimum Gasteiger partial charge on any atom is -0.338 e. The normalized spacial score (nSPS) is 14.1. The van der Waals surface area contributed by atoms with E-state index in [-0.39, 0.29) is 5.91 Å². The van der Waals surface area contributed by atoms with Gasteiger partial charge in [-0.1, -0.05) is 5.16 Å². The number of aryl methyl sites for hydroxylation is 1. The number of nitrogens with zero attached hydrogens (tertiary/aromatic N) is 5. The summed E-state index contributed by atoms with van der Waals surface area (Å²) < 4.78 is 5.48. The summed E-state index contributed by atoms with van der Waals surface area (Å²) in [5.41, 5.74) is 4.09. The summed E-state index contributed by atoms with van der Waals surface area (Å²) in [7, 11) is 2.03. The lowest BCUT2D eigenvalue weighted by molar-refractivity contribution is -0.129. The molecule has 3 rings (SSSR count). The zero-order valence-electron chi connectivity index (χ0n) is 16.7. The van der Waals surface area contributed by atoms with Crippen molar-refractivity contribution in [2.75, 3.05) is 25.6 Å². The van der Waals surface area contributed by atoms with Crippen molar-refractivity contribution >= 4 is 17.7 Å². The van der Waals surface area contributed by atoms with E-state index in [1.165, 1.54) is 5.56 Å². The molecule has 0 fully saturated rings. The second-order valence-electron chi connectivity index (χ2n) is 7.24. The van der Waals surface area contributed by atoms with E-state index in [0.29, 0.717) is 43.1 Å². The van der Waals surface area contributed by atoms with Crippen LogP contribution < -0.4 is 0 Å². The van der Waals surface area contributed by atoms with Crippen LogP contribution in [0.1, 0.15) is 36.6 Å². The zero-order valence-corrected chi connectivity index (χ0v) is 17.5. The van der Waals surface area contributed by atoms with Crippen molar-refractivity contribution in [3.05, 3.63) is 28.9 Å². The van der Waals surface area contributed by atoms with Crippen molar-refractivity contribution in [1.82, 2.24) is 24.9 Å². The molecule has 1 aliphatic heterocycles. The molecule has 0 saturated heterocycles. The Hall–Kier alpha value is -1.93. The number of hydrogen-bond donors (Lipinski definition) is 0.